The highest BCUT2D eigenvalue weighted by Crippen LogP contribution is 2.04. The van der Waals surface area contributed by atoms with Crippen LogP contribution in [0.1, 0.15) is 16.1 Å². The molecule has 1 amide bonds. The predicted octanol–water partition coefficient (Wildman–Crippen LogP) is -0.334. The first-order valence-corrected chi connectivity index (χ1v) is 5.11. The Morgan fingerprint density at radius 2 is 2.29 bits per heavy atom. The molecule has 0 radical (unpaired) electrons. The molecule has 2 rings (SSSR count). The zero-order valence-electron chi connectivity index (χ0n) is 9.71. The number of hydrogen-bond acceptors (Lipinski definition) is 4. The molecule has 0 bridgehead atoms. The van der Waals surface area contributed by atoms with Crippen molar-refractivity contribution >= 4 is 11.7 Å². The summed E-state index contributed by atoms with van der Waals surface area (Å²) in [4.78, 5) is 11.7. The van der Waals surface area contributed by atoms with Crippen molar-refractivity contribution in [2.45, 2.75) is 6.54 Å². The summed E-state index contributed by atoms with van der Waals surface area (Å²) >= 11 is 0. The Balaban J connectivity index is 1.98. The fourth-order valence-electron chi connectivity index (χ4n) is 1.43. The van der Waals surface area contributed by atoms with Crippen molar-refractivity contribution in [2.75, 3.05) is 5.73 Å². The Morgan fingerprint density at radius 1 is 1.53 bits per heavy atom. The van der Waals surface area contributed by atoms with Gasteiger partial charge in [-0.3, -0.25) is 14.2 Å². The van der Waals surface area contributed by atoms with Crippen LogP contribution in [0.5, 0.6) is 0 Å². The molecular weight excluding hydrogens is 220 g/mol. The van der Waals surface area contributed by atoms with E-state index in [9.17, 15) is 4.79 Å². The highest BCUT2D eigenvalue weighted by molar-refractivity contribution is 5.92. The van der Waals surface area contributed by atoms with Gasteiger partial charge in [0.2, 0.25) is 0 Å². The summed E-state index contributed by atoms with van der Waals surface area (Å²) in [6.45, 7) is 0.420. The summed E-state index contributed by atoms with van der Waals surface area (Å²) in [6, 6.07) is 1.54. The van der Waals surface area contributed by atoms with Gasteiger partial charge in [-0.05, 0) is 0 Å². The van der Waals surface area contributed by atoms with Crippen LogP contribution in [-0.2, 0) is 20.6 Å². The number of aromatic nitrogens is 4. The van der Waals surface area contributed by atoms with Crippen molar-refractivity contribution in [1.82, 2.24) is 24.9 Å². The van der Waals surface area contributed by atoms with E-state index in [1.807, 2.05) is 13.2 Å². The molecule has 0 saturated heterocycles. The van der Waals surface area contributed by atoms with Gasteiger partial charge in [0.25, 0.3) is 5.91 Å². The minimum atomic E-state index is -0.249. The molecule has 0 aliphatic rings. The Morgan fingerprint density at radius 3 is 2.82 bits per heavy atom. The average Bonchev–Trinajstić information content (AvgIpc) is 2.83. The second-order valence-corrected chi connectivity index (χ2v) is 3.78. The average molecular weight is 234 g/mol. The number of nitrogen functional groups attached to an aromatic ring is 1. The highest BCUT2D eigenvalue weighted by atomic mass is 16.1. The number of rotatable bonds is 3. The van der Waals surface area contributed by atoms with Crippen molar-refractivity contribution < 1.29 is 4.79 Å². The summed E-state index contributed by atoms with van der Waals surface area (Å²) in [5, 5.41) is 10.7. The molecule has 0 atom stereocenters. The van der Waals surface area contributed by atoms with E-state index in [0.29, 0.717) is 18.1 Å². The first-order valence-electron chi connectivity index (χ1n) is 5.11. The number of nitrogens with two attached hydrogens (primary N) is 1. The number of anilines is 1. The molecule has 2 aromatic rings. The number of nitrogens with zero attached hydrogens (tertiary/aromatic N) is 4. The van der Waals surface area contributed by atoms with Crippen LogP contribution in [0.25, 0.3) is 0 Å². The number of carbonyl (C=O) groups excluding carboxylic acids is 1. The van der Waals surface area contributed by atoms with Crippen molar-refractivity contribution in [3.63, 3.8) is 0 Å². The Labute approximate surface area is 98.2 Å². The van der Waals surface area contributed by atoms with Gasteiger partial charge < -0.3 is 11.1 Å². The summed E-state index contributed by atoms with van der Waals surface area (Å²) in [5.74, 6) is 0.206. The number of nitrogens with one attached hydrogen (secondary N) is 1. The first kappa shape index (κ1) is 11.2. The molecule has 90 valence electrons. The minimum Gasteiger partial charge on any atom is -0.384 e. The van der Waals surface area contributed by atoms with Crippen LogP contribution in [0.4, 0.5) is 5.82 Å². The van der Waals surface area contributed by atoms with E-state index in [-0.39, 0.29) is 5.91 Å². The van der Waals surface area contributed by atoms with E-state index in [1.165, 1.54) is 4.68 Å². The summed E-state index contributed by atoms with van der Waals surface area (Å²) < 4.78 is 3.14. The highest BCUT2D eigenvalue weighted by Gasteiger charge is 2.11. The maximum Gasteiger partial charge on any atom is 0.272 e. The molecule has 2 aromatic heterocycles. The lowest BCUT2D eigenvalue weighted by molar-refractivity contribution is 0.0945. The number of aryl methyl sites for hydroxylation is 2. The normalized spacial score (nSPS) is 10.5. The maximum absolute atomic E-state index is 11.7. The molecule has 0 saturated carbocycles. The van der Waals surface area contributed by atoms with E-state index < -0.39 is 0 Å². The molecule has 0 spiro atoms. The Hall–Kier alpha value is -2.31. The van der Waals surface area contributed by atoms with Crippen molar-refractivity contribution in [1.29, 1.82) is 0 Å². The topological polar surface area (TPSA) is 90.8 Å². The van der Waals surface area contributed by atoms with Gasteiger partial charge in [0.1, 0.15) is 5.82 Å². The van der Waals surface area contributed by atoms with Gasteiger partial charge >= 0.3 is 0 Å². The van der Waals surface area contributed by atoms with E-state index >= 15 is 0 Å². The second-order valence-electron chi connectivity index (χ2n) is 3.78. The van der Waals surface area contributed by atoms with E-state index in [4.69, 9.17) is 5.73 Å². The van der Waals surface area contributed by atoms with E-state index in [0.717, 1.165) is 5.56 Å². The molecule has 17 heavy (non-hydrogen) atoms. The third-order valence-corrected chi connectivity index (χ3v) is 2.36. The SMILES string of the molecule is Cn1cc(CNC(=O)c2cc(N)n(C)n2)cn1. The predicted molar refractivity (Wildman–Crippen MR) is 62.0 cm³/mol. The van der Waals surface area contributed by atoms with Crippen LogP contribution in [-0.4, -0.2) is 25.5 Å². The van der Waals surface area contributed by atoms with Gasteiger partial charge in [0, 0.05) is 38.5 Å². The Bertz CT molecular complexity index is 521. The lowest BCUT2D eigenvalue weighted by Gasteiger charge is -1.99. The quantitative estimate of drug-likeness (QED) is 0.760. The van der Waals surface area contributed by atoms with Crippen LogP contribution < -0.4 is 11.1 Å². The van der Waals surface area contributed by atoms with E-state index in [2.05, 4.69) is 15.5 Å². The fourth-order valence-corrected chi connectivity index (χ4v) is 1.43. The number of amides is 1. The largest absolute Gasteiger partial charge is 0.384 e. The molecule has 0 fully saturated rings. The summed E-state index contributed by atoms with van der Waals surface area (Å²) in [6.07, 6.45) is 3.54. The fraction of sp³-hybridized carbons (Fsp3) is 0.300. The second kappa shape index (κ2) is 4.28. The van der Waals surface area contributed by atoms with E-state index in [1.54, 1.807) is 24.0 Å². The van der Waals surface area contributed by atoms with Gasteiger partial charge in [0.05, 0.1) is 6.20 Å². The zero-order valence-corrected chi connectivity index (χ0v) is 9.71. The molecule has 7 nitrogen and oxygen atoms in total. The summed E-state index contributed by atoms with van der Waals surface area (Å²) in [7, 11) is 3.51. The number of carbonyl (C=O) groups is 1. The van der Waals surface area contributed by atoms with Gasteiger partial charge in [0.15, 0.2) is 5.69 Å². The molecule has 2 heterocycles. The lowest BCUT2D eigenvalue weighted by atomic mass is 10.3. The van der Waals surface area contributed by atoms with Gasteiger partial charge in [-0.2, -0.15) is 10.2 Å². The van der Waals surface area contributed by atoms with Crippen molar-refractivity contribution in [3.8, 4) is 0 Å². The summed E-state index contributed by atoms with van der Waals surface area (Å²) in [5.41, 5.74) is 6.84. The first-order chi connectivity index (χ1) is 8.06. The molecule has 3 N–H and O–H groups in total. The van der Waals surface area contributed by atoms with Gasteiger partial charge in [-0.15, -0.1) is 0 Å². The van der Waals surface area contributed by atoms with Gasteiger partial charge in [-0.1, -0.05) is 0 Å². The monoisotopic (exact) mass is 234 g/mol. The Kier molecular flexibility index (Phi) is 2.82. The van der Waals surface area contributed by atoms with Crippen LogP contribution in [0.2, 0.25) is 0 Å². The van der Waals surface area contributed by atoms with Crippen LogP contribution in [0.3, 0.4) is 0 Å². The molecule has 0 unspecified atom stereocenters. The van der Waals surface area contributed by atoms with Gasteiger partial charge in [-0.25, -0.2) is 0 Å². The standard InChI is InChI=1S/C10H14N6O/c1-15-6-7(5-13-15)4-12-10(17)8-3-9(11)16(2)14-8/h3,5-6H,4,11H2,1-2H3,(H,12,17). The van der Waals surface area contributed by atoms with Crippen molar-refractivity contribution in [3.05, 3.63) is 29.7 Å². The molecule has 7 heteroatoms. The zero-order chi connectivity index (χ0) is 12.4. The maximum atomic E-state index is 11.7. The molecule has 0 aliphatic carbocycles. The lowest BCUT2D eigenvalue weighted by Crippen LogP contribution is -2.23. The van der Waals surface area contributed by atoms with Crippen LogP contribution in [0, 0.1) is 0 Å². The third-order valence-electron chi connectivity index (χ3n) is 2.36. The molecule has 0 aromatic carbocycles. The van der Waals surface area contributed by atoms with Crippen LogP contribution in [0.15, 0.2) is 18.5 Å². The van der Waals surface area contributed by atoms with Crippen molar-refractivity contribution in [2.24, 2.45) is 14.1 Å². The van der Waals surface area contributed by atoms with Crippen LogP contribution >= 0.6 is 0 Å². The molecular formula is C10H14N6O. The minimum absolute atomic E-state index is 0.249. The number of hydrogen-bond donors (Lipinski definition) is 2. The molecule has 0 aliphatic heterocycles. The third kappa shape index (κ3) is 2.44. The smallest absolute Gasteiger partial charge is 0.272 e.